The Labute approximate surface area is 76.1 Å². The van der Waals surface area contributed by atoms with Gasteiger partial charge in [0, 0.05) is 34.7 Å². The van der Waals surface area contributed by atoms with E-state index in [9.17, 15) is 0 Å². The van der Waals surface area contributed by atoms with Crippen LogP contribution in [-0.2, 0) is 0 Å². The molecule has 0 aromatic heterocycles. The lowest BCUT2D eigenvalue weighted by Crippen LogP contribution is -2.39. The summed E-state index contributed by atoms with van der Waals surface area (Å²) in [5, 5.41) is 0. The highest BCUT2D eigenvalue weighted by atomic mass is 15.3. The Morgan fingerprint density at radius 2 is 1.75 bits per heavy atom. The summed E-state index contributed by atoms with van der Waals surface area (Å²) >= 11 is 0. The Balaban J connectivity index is 4.14. The third-order valence-electron chi connectivity index (χ3n) is 1.58. The second kappa shape index (κ2) is 5.01. The highest BCUT2D eigenvalue weighted by molar-refractivity contribution is 5.79. The lowest BCUT2D eigenvalue weighted by atomic mass is 10.2. The summed E-state index contributed by atoms with van der Waals surface area (Å²) in [7, 11) is 7.92. The summed E-state index contributed by atoms with van der Waals surface area (Å²) in [4.78, 5) is 8.41. The van der Waals surface area contributed by atoms with Gasteiger partial charge in [0.1, 0.15) is 0 Å². The molecule has 0 aliphatic rings. The van der Waals surface area contributed by atoms with Crippen LogP contribution in [0.3, 0.4) is 0 Å². The average molecular weight is 171 g/mol. The van der Waals surface area contributed by atoms with Crippen molar-refractivity contribution in [3.8, 4) is 0 Å². The highest BCUT2D eigenvalue weighted by Gasteiger charge is 2.08. The van der Waals surface area contributed by atoms with Gasteiger partial charge >= 0.3 is 0 Å². The molecule has 3 nitrogen and oxygen atoms in total. The molecule has 0 N–H and O–H groups in total. The lowest BCUT2D eigenvalue weighted by Gasteiger charge is -2.27. The van der Waals surface area contributed by atoms with Gasteiger partial charge in [-0.1, -0.05) is 13.8 Å². The van der Waals surface area contributed by atoms with Gasteiger partial charge in [-0.05, 0) is 5.92 Å². The number of hydrogen-bond donors (Lipinski definition) is 0. The van der Waals surface area contributed by atoms with E-state index in [1.165, 1.54) is 0 Å². The van der Waals surface area contributed by atoms with Crippen molar-refractivity contribution >= 4 is 5.96 Å². The largest absolute Gasteiger partial charge is 0.349 e. The van der Waals surface area contributed by atoms with Gasteiger partial charge in [-0.3, -0.25) is 4.99 Å². The molecule has 0 spiro atoms. The minimum Gasteiger partial charge on any atom is -0.349 e. The third-order valence-corrected chi connectivity index (χ3v) is 1.58. The van der Waals surface area contributed by atoms with E-state index in [4.69, 9.17) is 0 Å². The maximum Gasteiger partial charge on any atom is 0.195 e. The van der Waals surface area contributed by atoms with E-state index in [-0.39, 0.29) is 0 Å². The van der Waals surface area contributed by atoms with Gasteiger partial charge in [-0.25, -0.2) is 0 Å². The van der Waals surface area contributed by atoms with Gasteiger partial charge < -0.3 is 9.80 Å². The van der Waals surface area contributed by atoms with E-state index in [0.29, 0.717) is 5.92 Å². The molecule has 0 amide bonds. The van der Waals surface area contributed by atoms with E-state index >= 15 is 0 Å². The van der Waals surface area contributed by atoms with Crippen molar-refractivity contribution in [3.63, 3.8) is 0 Å². The Morgan fingerprint density at radius 3 is 2.00 bits per heavy atom. The summed E-state index contributed by atoms with van der Waals surface area (Å²) < 4.78 is 0. The Kier molecular flexibility index (Phi) is 4.71. The quantitative estimate of drug-likeness (QED) is 0.458. The normalized spacial score (nSPS) is 12.1. The molecule has 12 heavy (non-hydrogen) atoms. The Bertz CT molecular complexity index is 150. The molecule has 0 unspecified atom stereocenters. The van der Waals surface area contributed by atoms with Crippen molar-refractivity contribution in [2.24, 2.45) is 10.9 Å². The van der Waals surface area contributed by atoms with Gasteiger partial charge in [0.2, 0.25) is 0 Å². The number of aliphatic imine (C=N–C) groups is 1. The number of nitrogens with zero attached hydrogens (tertiary/aromatic N) is 3. The van der Waals surface area contributed by atoms with Crippen LogP contribution in [0.2, 0.25) is 0 Å². The van der Waals surface area contributed by atoms with Gasteiger partial charge in [-0.2, -0.15) is 0 Å². The monoisotopic (exact) mass is 171 g/mol. The molecule has 0 fully saturated rings. The molecule has 0 atom stereocenters. The summed E-state index contributed by atoms with van der Waals surface area (Å²) in [6, 6.07) is 0. The minimum atomic E-state index is 0.673. The second-order valence-corrected chi connectivity index (χ2v) is 3.69. The van der Waals surface area contributed by atoms with Crippen LogP contribution in [0, 0.1) is 5.92 Å². The number of rotatable bonds is 2. The molecule has 0 rings (SSSR count). The van der Waals surface area contributed by atoms with Crippen LogP contribution in [0.1, 0.15) is 13.8 Å². The van der Waals surface area contributed by atoms with Crippen molar-refractivity contribution in [2.45, 2.75) is 13.8 Å². The predicted octanol–water partition coefficient (Wildman–Crippen LogP) is 1.12. The first-order valence-corrected chi connectivity index (χ1v) is 4.34. The molecular weight excluding hydrogens is 150 g/mol. The van der Waals surface area contributed by atoms with Crippen molar-refractivity contribution in [1.29, 1.82) is 0 Å². The standard InChI is InChI=1S/C9H21N3/c1-8(2)7-12(6)9(10-3)11(4)5/h8H,7H2,1-6H3. The van der Waals surface area contributed by atoms with Crippen LogP contribution in [0.25, 0.3) is 0 Å². The van der Waals surface area contributed by atoms with Crippen molar-refractivity contribution in [3.05, 3.63) is 0 Å². The molecule has 3 heteroatoms. The van der Waals surface area contributed by atoms with Crippen LogP contribution >= 0.6 is 0 Å². The first kappa shape index (κ1) is 11.3. The minimum absolute atomic E-state index is 0.673. The zero-order chi connectivity index (χ0) is 9.72. The molecule has 0 aromatic rings. The summed E-state index contributed by atoms with van der Waals surface area (Å²) in [6.07, 6.45) is 0. The molecule has 0 aliphatic carbocycles. The van der Waals surface area contributed by atoms with Gasteiger partial charge in [0.15, 0.2) is 5.96 Å². The molecule has 0 heterocycles. The zero-order valence-electron chi connectivity index (χ0n) is 9.13. The number of guanidine groups is 1. The molecule has 0 bridgehead atoms. The zero-order valence-corrected chi connectivity index (χ0v) is 9.13. The van der Waals surface area contributed by atoms with E-state index in [1.807, 2.05) is 26.0 Å². The number of hydrogen-bond acceptors (Lipinski definition) is 1. The van der Waals surface area contributed by atoms with Crippen molar-refractivity contribution < 1.29 is 0 Å². The molecule has 0 radical (unpaired) electrons. The third kappa shape index (κ3) is 3.60. The summed E-state index contributed by atoms with van der Waals surface area (Å²) in [5.74, 6) is 1.70. The van der Waals surface area contributed by atoms with Crippen LogP contribution in [0.5, 0.6) is 0 Å². The van der Waals surface area contributed by atoms with Crippen LogP contribution < -0.4 is 0 Å². The summed E-state index contributed by atoms with van der Waals surface area (Å²) in [6.45, 7) is 5.46. The smallest absolute Gasteiger partial charge is 0.195 e. The van der Waals surface area contributed by atoms with E-state index in [2.05, 4.69) is 30.8 Å². The van der Waals surface area contributed by atoms with E-state index < -0.39 is 0 Å². The topological polar surface area (TPSA) is 18.8 Å². The highest BCUT2D eigenvalue weighted by Crippen LogP contribution is 1.98. The maximum atomic E-state index is 4.21. The predicted molar refractivity (Wildman–Crippen MR) is 54.5 cm³/mol. The SMILES string of the molecule is CN=C(N(C)C)N(C)CC(C)C. The molecule has 0 saturated carbocycles. The first-order valence-electron chi connectivity index (χ1n) is 4.34. The van der Waals surface area contributed by atoms with Crippen molar-refractivity contribution in [2.75, 3.05) is 34.7 Å². The molecule has 0 saturated heterocycles. The van der Waals surface area contributed by atoms with Crippen LogP contribution in [0.15, 0.2) is 4.99 Å². The summed E-state index contributed by atoms with van der Waals surface area (Å²) in [5.41, 5.74) is 0. The second-order valence-electron chi connectivity index (χ2n) is 3.69. The maximum absolute atomic E-state index is 4.21. The van der Waals surface area contributed by atoms with Crippen LogP contribution in [-0.4, -0.2) is 50.5 Å². The molecular formula is C9H21N3. The lowest BCUT2D eigenvalue weighted by molar-refractivity contribution is 0.377. The Hall–Kier alpha value is -0.730. The van der Waals surface area contributed by atoms with Gasteiger partial charge in [0.25, 0.3) is 0 Å². The van der Waals surface area contributed by atoms with E-state index in [1.54, 1.807) is 0 Å². The fourth-order valence-electron chi connectivity index (χ4n) is 1.34. The molecule has 0 aliphatic heterocycles. The first-order chi connectivity index (χ1) is 5.49. The Morgan fingerprint density at radius 1 is 1.25 bits per heavy atom. The molecule has 0 aromatic carbocycles. The fourth-order valence-corrected chi connectivity index (χ4v) is 1.34. The van der Waals surface area contributed by atoms with Gasteiger partial charge in [0.05, 0.1) is 0 Å². The molecule has 72 valence electrons. The average Bonchev–Trinajstić information content (AvgIpc) is 1.85. The van der Waals surface area contributed by atoms with E-state index in [0.717, 1.165) is 12.5 Å². The fraction of sp³-hybridized carbons (Fsp3) is 0.889. The van der Waals surface area contributed by atoms with Gasteiger partial charge in [-0.15, -0.1) is 0 Å². The van der Waals surface area contributed by atoms with Crippen LogP contribution in [0.4, 0.5) is 0 Å². The van der Waals surface area contributed by atoms with Crippen molar-refractivity contribution in [1.82, 2.24) is 9.80 Å².